The number of hydrogen-bond donors (Lipinski definition) is 2. The Labute approximate surface area is 83.2 Å². The molecular weight excluding hydrogens is 184 g/mol. The molecule has 0 spiro atoms. The minimum absolute atomic E-state index is 0.268. The van der Waals surface area contributed by atoms with Gasteiger partial charge in [0.1, 0.15) is 0 Å². The number of rotatable bonds is 2. The van der Waals surface area contributed by atoms with Gasteiger partial charge >= 0.3 is 5.97 Å². The van der Waals surface area contributed by atoms with Crippen molar-refractivity contribution in [3.05, 3.63) is 12.2 Å². The molecule has 1 aliphatic carbocycles. The summed E-state index contributed by atoms with van der Waals surface area (Å²) in [5, 5.41) is 19.0. The van der Waals surface area contributed by atoms with Crippen LogP contribution in [0.3, 0.4) is 0 Å². The quantitative estimate of drug-likeness (QED) is 0.392. The maximum atomic E-state index is 11.2. The Morgan fingerprint density at radius 3 is 2.43 bits per heavy atom. The highest BCUT2D eigenvalue weighted by atomic mass is 16.7. The summed E-state index contributed by atoms with van der Waals surface area (Å²) in [6.07, 6.45) is 1.10. The summed E-state index contributed by atoms with van der Waals surface area (Å²) in [7, 11) is 0. The van der Waals surface area contributed by atoms with Crippen LogP contribution in [0.1, 0.15) is 32.6 Å². The van der Waals surface area contributed by atoms with E-state index in [2.05, 4.69) is 6.58 Å². The largest absolute Gasteiger partial charge is 0.430 e. The van der Waals surface area contributed by atoms with E-state index in [1.54, 1.807) is 0 Å². The van der Waals surface area contributed by atoms with E-state index in [0.717, 1.165) is 0 Å². The first kappa shape index (κ1) is 11.2. The number of carbonyl (C=O) groups excluding carboxylic acids is 1. The van der Waals surface area contributed by atoms with Crippen molar-refractivity contribution >= 4 is 5.97 Å². The van der Waals surface area contributed by atoms with Crippen LogP contribution in [0.15, 0.2) is 12.2 Å². The van der Waals surface area contributed by atoms with Gasteiger partial charge in [0.05, 0.1) is 6.10 Å². The highest BCUT2D eigenvalue weighted by Crippen LogP contribution is 2.29. The summed E-state index contributed by atoms with van der Waals surface area (Å²) in [5.74, 6) is -1.99. The Hall–Kier alpha value is -0.870. The number of ether oxygens (including phenoxy) is 1. The summed E-state index contributed by atoms with van der Waals surface area (Å²) < 4.78 is 4.89. The summed E-state index contributed by atoms with van der Waals surface area (Å²) in [6.45, 7) is 4.96. The first-order valence-corrected chi connectivity index (χ1v) is 4.72. The molecule has 1 saturated carbocycles. The van der Waals surface area contributed by atoms with Crippen LogP contribution < -0.4 is 0 Å². The standard InChI is InChI=1S/C10H16O4/c1-7(2)9(12)14-10(13)5-3-8(11)4-6-10/h8,11,13H,1,3-6H2,2H3. The second-order valence-corrected chi connectivity index (χ2v) is 3.85. The highest BCUT2D eigenvalue weighted by Gasteiger charge is 2.36. The molecule has 0 amide bonds. The van der Waals surface area contributed by atoms with Crippen molar-refractivity contribution in [2.24, 2.45) is 0 Å². The minimum atomic E-state index is -1.41. The van der Waals surface area contributed by atoms with Crippen molar-refractivity contribution in [1.29, 1.82) is 0 Å². The lowest BCUT2D eigenvalue weighted by Gasteiger charge is -2.33. The van der Waals surface area contributed by atoms with Gasteiger partial charge in [-0.15, -0.1) is 0 Å². The topological polar surface area (TPSA) is 66.8 Å². The summed E-state index contributed by atoms with van der Waals surface area (Å²) in [5.41, 5.74) is 0.268. The van der Waals surface area contributed by atoms with Crippen molar-refractivity contribution in [3.63, 3.8) is 0 Å². The highest BCUT2D eigenvalue weighted by molar-refractivity contribution is 5.87. The van der Waals surface area contributed by atoms with Crippen LogP contribution in [-0.4, -0.2) is 28.1 Å². The predicted molar refractivity (Wildman–Crippen MR) is 50.3 cm³/mol. The van der Waals surface area contributed by atoms with E-state index in [4.69, 9.17) is 4.74 Å². The molecule has 2 N–H and O–H groups in total. The molecule has 0 unspecified atom stereocenters. The molecule has 0 aromatic heterocycles. The molecule has 80 valence electrons. The number of aliphatic hydroxyl groups is 2. The number of carbonyl (C=O) groups is 1. The molecule has 0 bridgehead atoms. The molecule has 1 aliphatic rings. The molecular formula is C10H16O4. The molecule has 0 aromatic carbocycles. The third kappa shape index (κ3) is 2.82. The second kappa shape index (κ2) is 4.11. The third-order valence-electron chi connectivity index (χ3n) is 2.37. The summed E-state index contributed by atoms with van der Waals surface area (Å²) >= 11 is 0. The maximum absolute atomic E-state index is 11.2. The lowest BCUT2D eigenvalue weighted by atomic mass is 9.92. The van der Waals surface area contributed by atoms with Gasteiger partial charge in [0.2, 0.25) is 5.79 Å². The number of hydrogen-bond acceptors (Lipinski definition) is 4. The van der Waals surface area contributed by atoms with Crippen molar-refractivity contribution < 1.29 is 19.7 Å². The van der Waals surface area contributed by atoms with E-state index >= 15 is 0 Å². The van der Waals surface area contributed by atoms with Crippen molar-refractivity contribution in [2.75, 3.05) is 0 Å². The van der Waals surface area contributed by atoms with E-state index in [9.17, 15) is 15.0 Å². The van der Waals surface area contributed by atoms with Crippen molar-refractivity contribution in [3.8, 4) is 0 Å². The SMILES string of the molecule is C=C(C)C(=O)OC1(O)CCC(O)CC1. The third-order valence-corrected chi connectivity index (χ3v) is 2.37. The number of aliphatic hydroxyl groups excluding tert-OH is 1. The summed E-state index contributed by atoms with van der Waals surface area (Å²) in [6, 6.07) is 0. The lowest BCUT2D eigenvalue weighted by Crippen LogP contribution is -2.40. The van der Waals surface area contributed by atoms with Crippen LogP contribution in [0.4, 0.5) is 0 Å². The molecule has 0 saturated heterocycles. The van der Waals surface area contributed by atoms with E-state index in [1.165, 1.54) is 6.92 Å². The van der Waals surface area contributed by atoms with Crippen LogP contribution in [0.25, 0.3) is 0 Å². The van der Waals surface area contributed by atoms with Crippen LogP contribution in [0.2, 0.25) is 0 Å². The zero-order valence-electron chi connectivity index (χ0n) is 8.32. The van der Waals surface area contributed by atoms with Gasteiger partial charge in [-0.3, -0.25) is 0 Å². The predicted octanol–water partition coefficient (Wildman–Crippen LogP) is 0.729. The zero-order chi connectivity index (χ0) is 10.8. The Balaban J connectivity index is 2.50. The van der Waals surface area contributed by atoms with Gasteiger partial charge < -0.3 is 14.9 Å². The normalized spacial score (nSPS) is 32.4. The Kier molecular flexibility index (Phi) is 3.29. The molecule has 4 nitrogen and oxygen atoms in total. The van der Waals surface area contributed by atoms with Gasteiger partial charge in [-0.1, -0.05) is 6.58 Å². The van der Waals surface area contributed by atoms with Gasteiger partial charge in [0.25, 0.3) is 0 Å². The zero-order valence-corrected chi connectivity index (χ0v) is 8.32. The average molecular weight is 200 g/mol. The monoisotopic (exact) mass is 200 g/mol. The van der Waals surface area contributed by atoms with E-state index in [0.29, 0.717) is 12.8 Å². The van der Waals surface area contributed by atoms with Crippen molar-refractivity contribution in [1.82, 2.24) is 0 Å². The molecule has 0 heterocycles. The van der Waals surface area contributed by atoms with E-state index in [-0.39, 0.29) is 24.5 Å². The maximum Gasteiger partial charge on any atom is 0.335 e. The molecule has 1 rings (SSSR count). The molecule has 0 aliphatic heterocycles. The van der Waals surface area contributed by atoms with Gasteiger partial charge in [0.15, 0.2) is 0 Å². The molecule has 0 aromatic rings. The fourth-order valence-electron chi connectivity index (χ4n) is 1.42. The number of esters is 1. The van der Waals surface area contributed by atoms with Crippen LogP contribution in [0.5, 0.6) is 0 Å². The van der Waals surface area contributed by atoms with Crippen LogP contribution in [-0.2, 0) is 9.53 Å². The van der Waals surface area contributed by atoms with Crippen LogP contribution in [0, 0.1) is 0 Å². The Morgan fingerprint density at radius 1 is 1.50 bits per heavy atom. The summed E-state index contributed by atoms with van der Waals surface area (Å²) in [4.78, 5) is 11.2. The van der Waals surface area contributed by atoms with Gasteiger partial charge in [-0.2, -0.15) is 0 Å². The molecule has 14 heavy (non-hydrogen) atoms. The Morgan fingerprint density at radius 2 is 2.00 bits per heavy atom. The van der Waals surface area contributed by atoms with Gasteiger partial charge in [-0.25, -0.2) is 4.79 Å². The molecule has 0 radical (unpaired) electrons. The minimum Gasteiger partial charge on any atom is -0.430 e. The van der Waals surface area contributed by atoms with E-state index < -0.39 is 11.8 Å². The molecule has 0 atom stereocenters. The fraction of sp³-hybridized carbons (Fsp3) is 0.700. The first-order valence-electron chi connectivity index (χ1n) is 4.72. The van der Waals surface area contributed by atoms with Crippen LogP contribution >= 0.6 is 0 Å². The van der Waals surface area contributed by atoms with Crippen molar-refractivity contribution in [2.45, 2.75) is 44.5 Å². The van der Waals surface area contributed by atoms with E-state index in [1.807, 2.05) is 0 Å². The Bertz CT molecular complexity index is 239. The fourth-order valence-corrected chi connectivity index (χ4v) is 1.42. The molecule has 1 fully saturated rings. The second-order valence-electron chi connectivity index (χ2n) is 3.85. The first-order chi connectivity index (χ1) is 6.43. The lowest BCUT2D eigenvalue weighted by molar-refractivity contribution is -0.222. The van der Waals surface area contributed by atoms with Gasteiger partial charge in [-0.05, 0) is 19.8 Å². The van der Waals surface area contributed by atoms with Gasteiger partial charge in [0, 0.05) is 18.4 Å². The average Bonchev–Trinajstić information content (AvgIpc) is 2.10. The smallest absolute Gasteiger partial charge is 0.335 e. The molecule has 4 heteroatoms.